The first-order valence-corrected chi connectivity index (χ1v) is 6.58. The van der Waals surface area contributed by atoms with E-state index in [1.165, 1.54) is 0 Å². The van der Waals surface area contributed by atoms with Crippen LogP contribution < -0.4 is 0 Å². The number of amides is 1. The molecule has 0 spiro atoms. The Kier molecular flexibility index (Phi) is 6.25. The van der Waals surface area contributed by atoms with Crippen molar-refractivity contribution in [3.63, 3.8) is 0 Å². The van der Waals surface area contributed by atoms with Gasteiger partial charge in [0.15, 0.2) is 0 Å². The van der Waals surface area contributed by atoms with E-state index in [0.29, 0.717) is 5.92 Å². The average molecular weight is 280 g/mol. The van der Waals surface area contributed by atoms with Crippen LogP contribution in [-0.4, -0.2) is 35.0 Å². The quantitative estimate of drug-likeness (QED) is 0.690. The van der Waals surface area contributed by atoms with Crippen LogP contribution in [0.4, 0.5) is 4.79 Å². The van der Waals surface area contributed by atoms with Crippen molar-refractivity contribution in [2.24, 2.45) is 5.92 Å². The van der Waals surface area contributed by atoms with E-state index in [1.54, 1.807) is 4.90 Å². The van der Waals surface area contributed by atoms with Gasteiger partial charge < -0.3 is 9.64 Å². The molecule has 90 valence electrons. The summed E-state index contributed by atoms with van der Waals surface area (Å²) >= 11 is 3.39. The minimum absolute atomic E-state index is 0.190. The van der Waals surface area contributed by atoms with E-state index in [2.05, 4.69) is 15.9 Å². The lowest BCUT2D eigenvalue weighted by molar-refractivity contribution is 0.00229. The minimum Gasteiger partial charge on any atom is -0.444 e. The number of ether oxygens (including phenoxy) is 1. The minimum atomic E-state index is -0.378. The first-order chi connectivity index (χ1) is 6.92. The number of halogens is 1. The largest absolute Gasteiger partial charge is 0.444 e. The van der Waals surface area contributed by atoms with Crippen molar-refractivity contribution in [1.29, 1.82) is 0 Å². The Morgan fingerprint density at radius 3 is 2.20 bits per heavy atom. The normalized spacial score (nSPS) is 16.3. The molecule has 0 radical (unpaired) electrons. The number of likely N-dealkylation sites (tertiary alicyclic amines) is 1. The molecule has 0 atom stereocenters. The standard InChI is InChI=1S/C9H16BrNO2.C2H6/c1-9(2,3)13-8(12)11-5-7(4-10)6-11;1-2/h7H,4-6H2,1-3H3;1-2H3. The summed E-state index contributed by atoms with van der Waals surface area (Å²) in [6.45, 7) is 11.3. The van der Waals surface area contributed by atoms with Crippen LogP contribution in [0.15, 0.2) is 0 Å². The molecule has 0 saturated carbocycles. The molecule has 1 aliphatic heterocycles. The molecule has 0 unspecified atom stereocenters. The average Bonchev–Trinajstić information content (AvgIpc) is 2.02. The summed E-state index contributed by atoms with van der Waals surface area (Å²) in [5.74, 6) is 0.604. The van der Waals surface area contributed by atoms with Crippen LogP contribution >= 0.6 is 15.9 Å². The first kappa shape index (κ1) is 14.8. The van der Waals surface area contributed by atoms with E-state index in [4.69, 9.17) is 4.74 Å². The second-order valence-corrected chi connectivity index (χ2v) is 5.05. The summed E-state index contributed by atoms with van der Waals surface area (Å²) in [7, 11) is 0. The van der Waals surface area contributed by atoms with E-state index in [1.807, 2.05) is 34.6 Å². The van der Waals surface area contributed by atoms with Gasteiger partial charge in [-0.15, -0.1) is 0 Å². The second kappa shape index (κ2) is 6.36. The first-order valence-electron chi connectivity index (χ1n) is 5.46. The molecule has 1 saturated heterocycles. The molecule has 1 heterocycles. The molecule has 0 aromatic carbocycles. The predicted molar refractivity (Wildman–Crippen MR) is 66.4 cm³/mol. The van der Waals surface area contributed by atoms with Crippen LogP contribution in [-0.2, 0) is 4.74 Å². The number of carbonyl (C=O) groups excluding carboxylic acids is 1. The highest BCUT2D eigenvalue weighted by Crippen LogP contribution is 2.20. The highest BCUT2D eigenvalue weighted by atomic mass is 79.9. The van der Waals surface area contributed by atoms with E-state index >= 15 is 0 Å². The predicted octanol–water partition coefficient (Wildman–Crippen LogP) is 3.27. The van der Waals surface area contributed by atoms with E-state index in [0.717, 1.165) is 18.4 Å². The molecule has 1 fully saturated rings. The van der Waals surface area contributed by atoms with Crippen molar-refractivity contribution >= 4 is 22.0 Å². The van der Waals surface area contributed by atoms with E-state index < -0.39 is 0 Å². The van der Waals surface area contributed by atoms with Crippen LogP contribution in [0.25, 0.3) is 0 Å². The Morgan fingerprint density at radius 1 is 1.40 bits per heavy atom. The summed E-state index contributed by atoms with van der Waals surface area (Å²) in [5, 5.41) is 0.965. The molecule has 3 nitrogen and oxygen atoms in total. The maximum Gasteiger partial charge on any atom is 0.410 e. The fourth-order valence-corrected chi connectivity index (χ4v) is 1.55. The van der Waals surface area contributed by atoms with Gasteiger partial charge in [0, 0.05) is 24.3 Å². The Hall–Kier alpha value is -0.250. The Bertz CT molecular complexity index is 195. The van der Waals surface area contributed by atoms with Crippen molar-refractivity contribution in [3.05, 3.63) is 0 Å². The monoisotopic (exact) mass is 279 g/mol. The lowest BCUT2D eigenvalue weighted by Crippen LogP contribution is -2.52. The van der Waals surface area contributed by atoms with Crippen molar-refractivity contribution in [2.45, 2.75) is 40.2 Å². The van der Waals surface area contributed by atoms with Gasteiger partial charge in [0.2, 0.25) is 0 Å². The molecule has 1 amide bonds. The number of hydrogen-bond donors (Lipinski definition) is 0. The number of carbonyl (C=O) groups is 1. The molecule has 0 bridgehead atoms. The third-order valence-electron chi connectivity index (χ3n) is 1.83. The third kappa shape index (κ3) is 5.40. The van der Waals surface area contributed by atoms with Crippen LogP contribution in [0, 0.1) is 5.92 Å². The third-order valence-corrected chi connectivity index (χ3v) is 2.74. The van der Waals surface area contributed by atoms with Gasteiger partial charge in [0.25, 0.3) is 0 Å². The summed E-state index contributed by atoms with van der Waals surface area (Å²) in [4.78, 5) is 13.1. The highest BCUT2D eigenvalue weighted by molar-refractivity contribution is 9.09. The summed E-state index contributed by atoms with van der Waals surface area (Å²) in [5.41, 5.74) is -0.378. The molecule has 0 aromatic rings. The maximum atomic E-state index is 11.4. The van der Waals surface area contributed by atoms with Gasteiger partial charge in [0.1, 0.15) is 5.60 Å². The number of alkyl halides is 1. The molecule has 0 aliphatic carbocycles. The summed E-state index contributed by atoms with van der Waals surface area (Å²) in [6, 6.07) is 0. The fourth-order valence-electron chi connectivity index (χ4n) is 1.14. The molecule has 1 aliphatic rings. The van der Waals surface area contributed by atoms with Gasteiger partial charge in [-0.2, -0.15) is 0 Å². The smallest absolute Gasteiger partial charge is 0.410 e. The van der Waals surface area contributed by atoms with Gasteiger partial charge in [0.05, 0.1) is 0 Å². The van der Waals surface area contributed by atoms with Gasteiger partial charge in [-0.1, -0.05) is 29.8 Å². The Labute approximate surface area is 101 Å². The fraction of sp³-hybridized carbons (Fsp3) is 0.909. The lowest BCUT2D eigenvalue weighted by Gasteiger charge is -2.38. The molecule has 15 heavy (non-hydrogen) atoms. The van der Waals surface area contributed by atoms with E-state index in [-0.39, 0.29) is 11.7 Å². The van der Waals surface area contributed by atoms with Gasteiger partial charge in [-0.25, -0.2) is 4.79 Å². The number of rotatable bonds is 1. The molecule has 0 N–H and O–H groups in total. The van der Waals surface area contributed by atoms with Crippen molar-refractivity contribution in [1.82, 2.24) is 4.90 Å². The Morgan fingerprint density at radius 2 is 1.87 bits per heavy atom. The van der Waals surface area contributed by atoms with Gasteiger partial charge in [-0.3, -0.25) is 0 Å². The summed E-state index contributed by atoms with van der Waals surface area (Å²) in [6.07, 6.45) is -0.190. The number of nitrogens with zero attached hydrogens (tertiary/aromatic N) is 1. The van der Waals surface area contributed by atoms with Crippen LogP contribution in [0.3, 0.4) is 0 Å². The Balaban J connectivity index is 0.000000921. The molecular formula is C11H22BrNO2. The van der Waals surface area contributed by atoms with Crippen LogP contribution in [0.1, 0.15) is 34.6 Å². The van der Waals surface area contributed by atoms with Crippen molar-refractivity contribution in [2.75, 3.05) is 18.4 Å². The number of hydrogen-bond acceptors (Lipinski definition) is 2. The zero-order valence-electron chi connectivity index (χ0n) is 10.3. The lowest BCUT2D eigenvalue weighted by atomic mass is 10.0. The topological polar surface area (TPSA) is 29.5 Å². The van der Waals surface area contributed by atoms with Gasteiger partial charge in [-0.05, 0) is 20.8 Å². The zero-order chi connectivity index (χ0) is 12.1. The molecular weight excluding hydrogens is 258 g/mol. The zero-order valence-corrected chi connectivity index (χ0v) is 11.9. The highest BCUT2D eigenvalue weighted by Gasteiger charge is 2.32. The van der Waals surface area contributed by atoms with E-state index in [9.17, 15) is 4.79 Å². The molecule has 1 rings (SSSR count). The summed E-state index contributed by atoms with van der Waals surface area (Å²) < 4.78 is 5.21. The second-order valence-electron chi connectivity index (χ2n) is 4.41. The maximum absolute atomic E-state index is 11.4. The van der Waals surface area contributed by atoms with Crippen LogP contribution in [0.5, 0.6) is 0 Å². The molecule has 0 aromatic heterocycles. The van der Waals surface area contributed by atoms with Crippen LogP contribution in [0.2, 0.25) is 0 Å². The van der Waals surface area contributed by atoms with Crippen molar-refractivity contribution in [3.8, 4) is 0 Å². The van der Waals surface area contributed by atoms with Crippen molar-refractivity contribution < 1.29 is 9.53 Å². The SMILES string of the molecule is CC.CC(C)(C)OC(=O)N1CC(CBr)C1. The van der Waals surface area contributed by atoms with Gasteiger partial charge >= 0.3 is 6.09 Å². The molecule has 4 heteroatoms.